The van der Waals surface area contributed by atoms with E-state index in [-0.39, 0.29) is 23.4 Å². The first-order valence-corrected chi connectivity index (χ1v) is 9.03. The summed E-state index contributed by atoms with van der Waals surface area (Å²) in [5.41, 5.74) is 0.784. The summed E-state index contributed by atoms with van der Waals surface area (Å²) in [5, 5.41) is 23.8. The Bertz CT molecular complexity index is 753. The van der Waals surface area contributed by atoms with E-state index in [1.165, 1.54) is 12.1 Å². The highest BCUT2D eigenvalue weighted by Gasteiger charge is 2.20. The molecule has 1 atom stereocenters. The number of aryl methyl sites for hydroxylation is 1. The number of ether oxygens (including phenoxy) is 1. The summed E-state index contributed by atoms with van der Waals surface area (Å²) in [5.74, 6) is 0.421. The van der Waals surface area contributed by atoms with Crippen molar-refractivity contribution >= 4 is 17.5 Å². The van der Waals surface area contributed by atoms with E-state index in [4.69, 9.17) is 16.3 Å². The number of para-hydroxylation sites is 1. The highest BCUT2D eigenvalue weighted by Crippen LogP contribution is 2.16. The van der Waals surface area contributed by atoms with E-state index in [9.17, 15) is 9.90 Å². The lowest BCUT2D eigenvalue weighted by Crippen LogP contribution is -2.51. The summed E-state index contributed by atoms with van der Waals surface area (Å²) in [6.45, 7) is 6.67. The van der Waals surface area contributed by atoms with Gasteiger partial charge in [0.15, 0.2) is 10.8 Å². The maximum Gasteiger partial charge on any atom is 0.271 e. The number of benzene rings is 1. The first kappa shape index (κ1) is 21.1. The molecular formula is C19H25ClN4O3. The van der Waals surface area contributed by atoms with E-state index in [0.717, 1.165) is 11.3 Å². The number of aromatic nitrogens is 2. The van der Waals surface area contributed by atoms with Crippen LogP contribution >= 0.6 is 11.6 Å². The number of carbonyl (C=O) groups is 1. The predicted octanol–water partition coefficient (Wildman–Crippen LogP) is 1.98. The van der Waals surface area contributed by atoms with E-state index >= 15 is 0 Å². The number of nitrogens with zero attached hydrogens (tertiary/aromatic N) is 2. The normalized spacial score (nSPS) is 12.5. The Morgan fingerprint density at radius 1 is 1.26 bits per heavy atom. The van der Waals surface area contributed by atoms with Crippen LogP contribution in [0.1, 0.15) is 29.9 Å². The summed E-state index contributed by atoms with van der Waals surface area (Å²) < 4.78 is 5.64. The Kier molecular flexibility index (Phi) is 7.53. The van der Waals surface area contributed by atoms with Gasteiger partial charge in [0, 0.05) is 18.6 Å². The molecule has 0 bridgehead atoms. The molecule has 2 rings (SSSR count). The zero-order chi connectivity index (χ0) is 19.9. The maximum absolute atomic E-state index is 12.1. The number of rotatable bonds is 9. The fraction of sp³-hybridized carbons (Fsp3) is 0.421. The summed E-state index contributed by atoms with van der Waals surface area (Å²) in [4.78, 5) is 12.1. The molecule has 0 saturated carbocycles. The Hall–Kier alpha value is -2.22. The number of hydrogen-bond acceptors (Lipinski definition) is 6. The summed E-state index contributed by atoms with van der Waals surface area (Å²) in [6.07, 6.45) is -0.679. The second kappa shape index (κ2) is 9.64. The third-order valence-corrected chi connectivity index (χ3v) is 4.10. The third kappa shape index (κ3) is 7.13. The lowest BCUT2D eigenvalue weighted by molar-refractivity contribution is 0.0908. The molecule has 0 spiro atoms. The van der Waals surface area contributed by atoms with Gasteiger partial charge in [-0.3, -0.25) is 4.79 Å². The summed E-state index contributed by atoms with van der Waals surface area (Å²) in [6, 6.07) is 10.7. The van der Waals surface area contributed by atoms with Gasteiger partial charge in [0.1, 0.15) is 18.5 Å². The molecule has 0 aliphatic carbocycles. The zero-order valence-corrected chi connectivity index (χ0v) is 16.5. The van der Waals surface area contributed by atoms with Crippen LogP contribution in [0.25, 0.3) is 0 Å². The van der Waals surface area contributed by atoms with E-state index < -0.39 is 11.6 Å². The molecule has 0 radical (unpaired) electrons. The molecule has 3 N–H and O–H groups in total. The molecular weight excluding hydrogens is 368 g/mol. The quantitative estimate of drug-likeness (QED) is 0.603. The van der Waals surface area contributed by atoms with Gasteiger partial charge >= 0.3 is 0 Å². The highest BCUT2D eigenvalue weighted by molar-refractivity contribution is 6.29. The van der Waals surface area contributed by atoms with Crippen molar-refractivity contribution in [3.63, 3.8) is 0 Å². The van der Waals surface area contributed by atoms with Crippen molar-refractivity contribution in [1.29, 1.82) is 0 Å². The molecule has 2 aromatic rings. The van der Waals surface area contributed by atoms with Crippen molar-refractivity contribution < 1.29 is 14.6 Å². The SMILES string of the molecule is Cc1ccccc1OCC(O)CNC(C)(C)CNC(=O)c1ccc(Cl)nn1. The lowest BCUT2D eigenvalue weighted by Gasteiger charge is -2.28. The van der Waals surface area contributed by atoms with Gasteiger partial charge in [-0.25, -0.2) is 0 Å². The van der Waals surface area contributed by atoms with Crippen molar-refractivity contribution in [3.05, 3.63) is 52.8 Å². The predicted molar refractivity (Wildman–Crippen MR) is 104 cm³/mol. The van der Waals surface area contributed by atoms with Crippen LogP contribution in [0.4, 0.5) is 0 Å². The van der Waals surface area contributed by atoms with E-state index in [1.54, 1.807) is 0 Å². The Labute approximate surface area is 164 Å². The molecule has 146 valence electrons. The summed E-state index contributed by atoms with van der Waals surface area (Å²) >= 11 is 5.66. The standard InChI is InChI=1S/C19H25ClN4O3/c1-13-6-4-5-7-16(13)27-11-14(25)10-22-19(2,3)12-21-18(26)15-8-9-17(20)24-23-15/h4-9,14,22,25H,10-12H2,1-3H3,(H,21,26). The number of halogens is 1. The van der Waals surface area contributed by atoms with E-state index in [1.807, 2.05) is 45.0 Å². The largest absolute Gasteiger partial charge is 0.491 e. The fourth-order valence-corrected chi connectivity index (χ4v) is 2.35. The number of carbonyl (C=O) groups excluding carboxylic acids is 1. The molecule has 1 unspecified atom stereocenters. The summed E-state index contributed by atoms with van der Waals surface area (Å²) in [7, 11) is 0. The molecule has 0 aliphatic heterocycles. The van der Waals surface area contributed by atoms with Gasteiger partial charge in [-0.2, -0.15) is 0 Å². The second-order valence-electron chi connectivity index (χ2n) is 6.92. The molecule has 1 heterocycles. The van der Waals surface area contributed by atoms with Gasteiger partial charge in [0.2, 0.25) is 0 Å². The van der Waals surface area contributed by atoms with E-state index in [2.05, 4.69) is 20.8 Å². The number of aliphatic hydroxyl groups excluding tert-OH is 1. The third-order valence-electron chi connectivity index (χ3n) is 3.90. The molecule has 27 heavy (non-hydrogen) atoms. The Morgan fingerprint density at radius 3 is 2.67 bits per heavy atom. The van der Waals surface area contributed by atoms with E-state index in [0.29, 0.717) is 13.1 Å². The van der Waals surface area contributed by atoms with Crippen LogP contribution in [0, 0.1) is 6.92 Å². The molecule has 0 saturated heterocycles. The van der Waals surface area contributed by atoms with Gasteiger partial charge in [-0.15, -0.1) is 10.2 Å². The molecule has 1 aromatic carbocycles. The number of amides is 1. The molecule has 1 aromatic heterocycles. The second-order valence-corrected chi connectivity index (χ2v) is 7.31. The van der Waals surface area contributed by atoms with Crippen LogP contribution in [0.15, 0.2) is 36.4 Å². The smallest absolute Gasteiger partial charge is 0.271 e. The minimum absolute atomic E-state index is 0.181. The number of hydrogen-bond donors (Lipinski definition) is 3. The molecule has 8 heteroatoms. The molecule has 1 amide bonds. The minimum atomic E-state index is -0.679. The van der Waals surface area contributed by atoms with Crippen LogP contribution in [-0.4, -0.2) is 52.6 Å². The number of β-amino-alcohol motifs (C(OH)–C–C–N with tert-alkyl or cyclic N) is 1. The minimum Gasteiger partial charge on any atom is -0.491 e. The molecule has 7 nitrogen and oxygen atoms in total. The van der Waals surface area contributed by atoms with Gasteiger partial charge in [-0.1, -0.05) is 29.8 Å². The van der Waals surface area contributed by atoms with Crippen LogP contribution in [0.3, 0.4) is 0 Å². The Balaban J connectivity index is 1.74. The van der Waals surface area contributed by atoms with Crippen LogP contribution in [0.5, 0.6) is 5.75 Å². The number of aliphatic hydroxyl groups is 1. The lowest BCUT2D eigenvalue weighted by atomic mass is 10.1. The maximum atomic E-state index is 12.1. The van der Waals surface area contributed by atoms with Crippen molar-refractivity contribution in [1.82, 2.24) is 20.8 Å². The van der Waals surface area contributed by atoms with Gasteiger partial charge < -0.3 is 20.5 Å². The number of nitrogens with one attached hydrogen (secondary N) is 2. The average Bonchev–Trinajstić information content (AvgIpc) is 2.64. The van der Waals surface area contributed by atoms with Gasteiger partial charge in [0.25, 0.3) is 5.91 Å². The first-order chi connectivity index (χ1) is 12.8. The topological polar surface area (TPSA) is 96.4 Å². The van der Waals surface area contributed by atoms with Crippen molar-refractivity contribution in [3.8, 4) is 5.75 Å². The first-order valence-electron chi connectivity index (χ1n) is 8.66. The van der Waals surface area contributed by atoms with Gasteiger partial charge in [-0.05, 0) is 44.5 Å². The van der Waals surface area contributed by atoms with Crippen molar-refractivity contribution in [2.24, 2.45) is 0 Å². The molecule has 0 fully saturated rings. The van der Waals surface area contributed by atoms with Crippen LogP contribution in [-0.2, 0) is 0 Å². The zero-order valence-electron chi connectivity index (χ0n) is 15.7. The fourth-order valence-electron chi connectivity index (χ4n) is 2.25. The Morgan fingerprint density at radius 2 is 2.00 bits per heavy atom. The van der Waals surface area contributed by atoms with Crippen molar-refractivity contribution in [2.45, 2.75) is 32.4 Å². The molecule has 0 aliphatic rings. The van der Waals surface area contributed by atoms with Crippen LogP contribution < -0.4 is 15.4 Å². The average molecular weight is 393 g/mol. The highest BCUT2D eigenvalue weighted by atomic mass is 35.5. The van der Waals surface area contributed by atoms with Crippen molar-refractivity contribution in [2.75, 3.05) is 19.7 Å². The monoisotopic (exact) mass is 392 g/mol. The van der Waals surface area contributed by atoms with Crippen LogP contribution in [0.2, 0.25) is 5.15 Å². The van der Waals surface area contributed by atoms with Gasteiger partial charge in [0.05, 0.1) is 0 Å².